The maximum Gasteiger partial charge on any atom is 0.133 e. The highest BCUT2D eigenvalue weighted by Gasteiger charge is 2.33. The minimum absolute atomic E-state index is 0.435. The highest BCUT2D eigenvalue weighted by Crippen LogP contribution is 2.36. The lowest BCUT2D eigenvalue weighted by atomic mass is 9.93. The number of pyridine rings is 1. The molecule has 1 aromatic carbocycles. The van der Waals surface area contributed by atoms with Gasteiger partial charge in [0, 0.05) is 49.7 Å². The van der Waals surface area contributed by atoms with Crippen LogP contribution < -0.4 is 4.74 Å². The Morgan fingerprint density at radius 3 is 2.49 bits per heavy atom. The highest BCUT2D eigenvalue weighted by atomic mass is 16.5. The van der Waals surface area contributed by atoms with Crippen molar-refractivity contribution in [3.8, 4) is 5.75 Å². The average Bonchev–Trinajstić information content (AvgIpc) is 3.70. The van der Waals surface area contributed by atoms with E-state index < -0.39 is 0 Å². The van der Waals surface area contributed by atoms with Crippen molar-refractivity contribution >= 4 is 6.29 Å². The van der Waals surface area contributed by atoms with Gasteiger partial charge in [0.1, 0.15) is 17.9 Å². The molecule has 3 aromatic rings. The number of nitrogens with one attached hydrogen (secondary N) is 1. The van der Waals surface area contributed by atoms with Crippen LogP contribution in [-0.4, -0.2) is 51.9 Å². The summed E-state index contributed by atoms with van der Waals surface area (Å²) in [6, 6.07) is 11.0. The van der Waals surface area contributed by atoms with E-state index in [4.69, 9.17) is 4.74 Å². The largest absolute Gasteiger partial charge is 0.493 e. The standard InChI is InChI=1S/C20H25N3O2.C6H7N.C5H12.C2H6/c1-14-12-21-20(22-14)5-3-18-11-17(13-23(18)7-8-24)15-2-4-19-16(10-15)6-9-25-19;1-6-3-2-4-7-5-6;1-3-5-4-2;1-2/h2,4,8,10,12,17-18H,3,5-7,9,11,13H2,1H3,(H,21,22);2-5H,1H3;3-5H2,1-2H3;1-2H3. The van der Waals surface area contributed by atoms with Gasteiger partial charge < -0.3 is 14.5 Å². The van der Waals surface area contributed by atoms with Gasteiger partial charge in [-0.15, -0.1) is 0 Å². The quantitative estimate of drug-likeness (QED) is 0.308. The van der Waals surface area contributed by atoms with Gasteiger partial charge in [-0.25, -0.2) is 4.98 Å². The fourth-order valence-corrected chi connectivity index (χ4v) is 5.00. The Morgan fingerprint density at radius 2 is 1.92 bits per heavy atom. The van der Waals surface area contributed by atoms with Crippen LogP contribution in [0.15, 0.2) is 48.9 Å². The van der Waals surface area contributed by atoms with Gasteiger partial charge in [0.25, 0.3) is 0 Å². The van der Waals surface area contributed by atoms with Crippen LogP contribution in [0.25, 0.3) is 0 Å². The van der Waals surface area contributed by atoms with E-state index >= 15 is 0 Å². The van der Waals surface area contributed by atoms with Crippen LogP contribution >= 0.6 is 0 Å². The minimum atomic E-state index is 0.435. The number of carbonyl (C=O) groups excluding carboxylic acids is 1. The molecule has 214 valence electrons. The normalized spacial score (nSPS) is 17.4. The van der Waals surface area contributed by atoms with Gasteiger partial charge in [0.05, 0.1) is 13.2 Å². The van der Waals surface area contributed by atoms with E-state index in [1.165, 1.54) is 36.0 Å². The molecule has 1 N–H and O–H groups in total. The minimum Gasteiger partial charge on any atom is -0.493 e. The first-order valence-corrected chi connectivity index (χ1v) is 14.8. The zero-order valence-corrected chi connectivity index (χ0v) is 25.1. The molecule has 0 saturated carbocycles. The summed E-state index contributed by atoms with van der Waals surface area (Å²) in [7, 11) is 0. The number of fused-ring (bicyclic) bond motifs is 1. The first-order valence-electron chi connectivity index (χ1n) is 14.8. The molecule has 2 aliphatic rings. The molecule has 2 unspecified atom stereocenters. The summed E-state index contributed by atoms with van der Waals surface area (Å²) < 4.78 is 5.62. The number of benzene rings is 1. The van der Waals surface area contributed by atoms with E-state index in [-0.39, 0.29) is 0 Å². The third kappa shape index (κ3) is 11.0. The molecule has 4 heterocycles. The number of unbranched alkanes of at least 4 members (excludes halogenated alkanes) is 2. The average molecular weight is 535 g/mol. The van der Waals surface area contributed by atoms with Gasteiger partial charge in [-0.05, 0) is 61.4 Å². The third-order valence-electron chi connectivity index (χ3n) is 7.01. The molecule has 0 radical (unpaired) electrons. The molecule has 2 atom stereocenters. The molecule has 2 aliphatic heterocycles. The molecule has 0 bridgehead atoms. The smallest absolute Gasteiger partial charge is 0.133 e. The van der Waals surface area contributed by atoms with Crippen molar-refractivity contribution in [3.63, 3.8) is 0 Å². The maximum absolute atomic E-state index is 11.1. The van der Waals surface area contributed by atoms with E-state index in [1.807, 2.05) is 52.2 Å². The molecule has 39 heavy (non-hydrogen) atoms. The fourth-order valence-electron chi connectivity index (χ4n) is 5.00. The van der Waals surface area contributed by atoms with E-state index in [0.717, 1.165) is 62.4 Å². The molecule has 0 aliphatic carbocycles. The van der Waals surface area contributed by atoms with Crippen molar-refractivity contribution in [3.05, 3.63) is 77.1 Å². The summed E-state index contributed by atoms with van der Waals surface area (Å²) in [5.41, 5.74) is 5.03. The van der Waals surface area contributed by atoms with E-state index in [9.17, 15) is 4.79 Å². The Morgan fingerprint density at radius 1 is 1.13 bits per heavy atom. The number of ether oxygens (including phenoxy) is 1. The first-order chi connectivity index (χ1) is 19.0. The lowest BCUT2D eigenvalue weighted by Crippen LogP contribution is -2.31. The topological polar surface area (TPSA) is 71.1 Å². The molecular formula is C33H50N4O2. The van der Waals surface area contributed by atoms with Gasteiger partial charge in [-0.3, -0.25) is 9.88 Å². The van der Waals surface area contributed by atoms with Crippen LogP contribution in [0.5, 0.6) is 5.75 Å². The molecule has 0 spiro atoms. The molecule has 1 saturated heterocycles. The molecule has 2 aromatic heterocycles. The number of aldehydes is 1. The Hall–Kier alpha value is -2.99. The lowest BCUT2D eigenvalue weighted by Gasteiger charge is -2.21. The van der Waals surface area contributed by atoms with Gasteiger partial charge in [0.15, 0.2) is 0 Å². The van der Waals surface area contributed by atoms with Crippen molar-refractivity contribution in [2.45, 2.75) is 98.4 Å². The second-order valence-electron chi connectivity index (χ2n) is 10.1. The molecule has 1 fully saturated rings. The van der Waals surface area contributed by atoms with Crippen LogP contribution in [0.3, 0.4) is 0 Å². The summed E-state index contributed by atoms with van der Waals surface area (Å²) in [5, 5.41) is 0. The van der Waals surface area contributed by atoms with Crippen molar-refractivity contribution in [2.75, 3.05) is 19.7 Å². The second-order valence-corrected chi connectivity index (χ2v) is 10.1. The number of carbonyl (C=O) groups is 1. The number of likely N-dealkylation sites (tertiary alicyclic amines) is 1. The maximum atomic E-state index is 11.1. The predicted molar refractivity (Wildman–Crippen MR) is 162 cm³/mol. The van der Waals surface area contributed by atoms with Crippen molar-refractivity contribution in [1.82, 2.24) is 19.9 Å². The van der Waals surface area contributed by atoms with Crippen molar-refractivity contribution < 1.29 is 9.53 Å². The Labute approximate surface area is 236 Å². The Kier molecular flexibility index (Phi) is 15.1. The number of aromatic nitrogens is 3. The van der Waals surface area contributed by atoms with Gasteiger partial charge >= 0.3 is 0 Å². The first kappa shape index (κ1) is 32.2. The lowest BCUT2D eigenvalue weighted by molar-refractivity contribution is -0.109. The summed E-state index contributed by atoms with van der Waals surface area (Å²) in [4.78, 5) is 25.0. The number of nitrogens with zero attached hydrogens (tertiary/aromatic N) is 3. The predicted octanol–water partition coefficient (Wildman–Crippen LogP) is 7.26. The van der Waals surface area contributed by atoms with Crippen LogP contribution in [0.2, 0.25) is 0 Å². The number of aromatic amines is 1. The Bertz CT molecular complexity index is 1060. The van der Waals surface area contributed by atoms with Crippen molar-refractivity contribution in [1.29, 1.82) is 0 Å². The van der Waals surface area contributed by atoms with Crippen LogP contribution in [0.1, 0.15) is 93.9 Å². The number of imidazole rings is 1. The second kappa shape index (κ2) is 18.3. The van der Waals surface area contributed by atoms with Gasteiger partial charge in [0.2, 0.25) is 0 Å². The van der Waals surface area contributed by atoms with Crippen LogP contribution in [0.4, 0.5) is 0 Å². The highest BCUT2D eigenvalue weighted by molar-refractivity contribution is 5.52. The van der Waals surface area contributed by atoms with Gasteiger partial charge in [-0.2, -0.15) is 0 Å². The number of aryl methyl sites for hydroxylation is 3. The fraction of sp³-hybridized carbons (Fsp3) is 0.545. The molecular weight excluding hydrogens is 484 g/mol. The third-order valence-corrected chi connectivity index (χ3v) is 7.01. The van der Waals surface area contributed by atoms with E-state index in [2.05, 4.69) is 51.9 Å². The summed E-state index contributed by atoms with van der Waals surface area (Å²) in [6.07, 6.45) is 14.7. The van der Waals surface area contributed by atoms with Crippen LogP contribution in [-0.2, 0) is 17.6 Å². The summed E-state index contributed by atoms with van der Waals surface area (Å²) >= 11 is 0. The van der Waals surface area contributed by atoms with Gasteiger partial charge in [-0.1, -0.05) is 65.2 Å². The van der Waals surface area contributed by atoms with E-state index in [0.29, 0.717) is 18.5 Å². The molecule has 6 heteroatoms. The molecule has 0 amide bonds. The SMILES string of the molecule is CC.CCCCC.Cc1cccnc1.Cc1cnc(CCC2CC(c3ccc4c(c3)CCO4)CN2CC=O)[nH]1. The number of hydrogen-bond acceptors (Lipinski definition) is 5. The van der Waals surface area contributed by atoms with Crippen molar-refractivity contribution in [2.24, 2.45) is 0 Å². The van der Waals surface area contributed by atoms with Crippen LogP contribution in [0, 0.1) is 13.8 Å². The zero-order valence-electron chi connectivity index (χ0n) is 25.1. The summed E-state index contributed by atoms with van der Waals surface area (Å²) in [5.74, 6) is 2.58. The van der Waals surface area contributed by atoms with E-state index in [1.54, 1.807) is 6.20 Å². The number of rotatable bonds is 8. The molecule has 6 nitrogen and oxygen atoms in total. The summed E-state index contributed by atoms with van der Waals surface area (Å²) in [6.45, 7) is 14.7. The Balaban J connectivity index is 0.000000315. The number of hydrogen-bond donors (Lipinski definition) is 1. The number of H-pyrrole nitrogens is 1. The monoisotopic (exact) mass is 534 g/mol. The zero-order chi connectivity index (χ0) is 28.5. The molecule has 5 rings (SSSR count).